The third-order valence-electron chi connectivity index (χ3n) is 1.36. The van der Waals surface area contributed by atoms with Crippen molar-refractivity contribution >= 4 is 7.69 Å². The Morgan fingerprint density at radius 1 is 1.23 bits per heavy atom. The Balaban J connectivity index is 2.48. The standard InChI is InChI=1S/C8H10BO4/c1-11-6-12-7-2-4-8(5-3-7)13-9-10/h2-5,10H,6H2,1H3. The molecule has 69 valence electrons. The van der Waals surface area contributed by atoms with Crippen LogP contribution in [-0.2, 0) is 4.74 Å². The van der Waals surface area contributed by atoms with Crippen LogP contribution in [0.4, 0.5) is 0 Å². The maximum atomic E-state index is 8.33. The Bertz CT molecular complexity index is 236. The Kier molecular flexibility index (Phi) is 4.15. The number of rotatable bonds is 5. The summed E-state index contributed by atoms with van der Waals surface area (Å²) in [6, 6.07) is 6.80. The van der Waals surface area contributed by atoms with Crippen LogP contribution in [0.3, 0.4) is 0 Å². The minimum absolute atomic E-state index is 0.215. The van der Waals surface area contributed by atoms with Gasteiger partial charge in [0.2, 0.25) is 0 Å². The second-order valence-corrected chi connectivity index (χ2v) is 2.25. The molecule has 0 bridgehead atoms. The van der Waals surface area contributed by atoms with E-state index in [0.29, 0.717) is 19.2 Å². The van der Waals surface area contributed by atoms with E-state index in [-0.39, 0.29) is 6.79 Å². The van der Waals surface area contributed by atoms with Crippen molar-refractivity contribution in [2.24, 2.45) is 0 Å². The summed E-state index contributed by atoms with van der Waals surface area (Å²) in [6.07, 6.45) is 0. The van der Waals surface area contributed by atoms with Crippen molar-refractivity contribution in [3.05, 3.63) is 24.3 Å². The smallest absolute Gasteiger partial charge is 0.537 e. The summed E-state index contributed by atoms with van der Waals surface area (Å²) in [5.41, 5.74) is 0. The van der Waals surface area contributed by atoms with Gasteiger partial charge in [0.25, 0.3) is 0 Å². The summed E-state index contributed by atoms with van der Waals surface area (Å²) < 4.78 is 14.6. The lowest BCUT2D eigenvalue weighted by atomic mass is 10.3. The number of ether oxygens (including phenoxy) is 2. The van der Waals surface area contributed by atoms with Gasteiger partial charge < -0.3 is 19.2 Å². The number of methoxy groups -OCH3 is 1. The lowest BCUT2D eigenvalue weighted by molar-refractivity contribution is 0.0511. The molecule has 0 saturated heterocycles. The number of hydrogen-bond acceptors (Lipinski definition) is 4. The molecule has 1 radical (unpaired) electrons. The molecule has 0 spiro atoms. The van der Waals surface area contributed by atoms with Crippen LogP contribution in [0.1, 0.15) is 0 Å². The van der Waals surface area contributed by atoms with Crippen LogP contribution in [0.25, 0.3) is 0 Å². The molecule has 1 aromatic rings. The second kappa shape index (κ2) is 5.45. The Hall–Kier alpha value is -1.20. The van der Waals surface area contributed by atoms with Crippen LogP contribution in [0.5, 0.6) is 11.5 Å². The summed E-state index contributed by atoms with van der Waals surface area (Å²) in [7, 11) is 2.18. The summed E-state index contributed by atoms with van der Waals surface area (Å²) in [4.78, 5) is 0. The maximum Gasteiger partial charge on any atom is 0.569 e. The van der Waals surface area contributed by atoms with E-state index >= 15 is 0 Å². The fraction of sp³-hybridized carbons (Fsp3) is 0.250. The van der Waals surface area contributed by atoms with E-state index in [9.17, 15) is 0 Å². The summed E-state index contributed by atoms with van der Waals surface area (Å²) in [5, 5.41) is 8.33. The molecule has 0 heterocycles. The van der Waals surface area contributed by atoms with Crippen molar-refractivity contribution in [2.45, 2.75) is 0 Å². The van der Waals surface area contributed by atoms with E-state index in [2.05, 4.69) is 0 Å². The van der Waals surface area contributed by atoms with Gasteiger partial charge >= 0.3 is 7.69 Å². The van der Waals surface area contributed by atoms with Crippen LogP contribution in [0.2, 0.25) is 0 Å². The monoisotopic (exact) mass is 181 g/mol. The highest BCUT2D eigenvalue weighted by molar-refractivity contribution is 6.17. The highest BCUT2D eigenvalue weighted by atomic mass is 16.7. The van der Waals surface area contributed by atoms with Crippen molar-refractivity contribution in [3.63, 3.8) is 0 Å². The number of hydrogen-bond donors (Lipinski definition) is 1. The van der Waals surface area contributed by atoms with Crippen LogP contribution in [0.15, 0.2) is 24.3 Å². The van der Waals surface area contributed by atoms with Gasteiger partial charge in [-0.25, -0.2) is 0 Å². The first-order chi connectivity index (χ1) is 6.36. The van der Waals surface area contributed by atoms with Crippen molar-refractivity contribution in [3.8, 4) is 11.5 Å². The molecule has 0 saturated carbocycles. The van der Waals surface area contributed by atoms with Gasteiger partial charge in [0.1, 0.15) is 11.5 Å². The molecular weight excluding hydrogens is 171 g/mol. The molecule has 1 N–H and O–H groups in total. The van der Waals surface area contributed by atoms with Gasteiger partial charge in [0.15, 0.2) is 6.79 Å². The Morgan fingerprint density at radius 3 is 2.38 bits per heavy atom. The first-order valence-corrected chi connectivity index (χ1v) is 3.71. The van der Waals surface area contributed by atoms with Crippen molar-refractivity contribution in [1.29, 1.82) is 0 Å². The maximum absolute atomic E-state index is 8.33. The normalized spacial score (nSPS) is 9.38. The Labute approximate surface area is 77.4 Å². The average Bonchev–Trinajstić information content (AvgIpc) is 2.17. The molecule has 0 amide bonds. The zero-order chi connectivity index (χ0) is 9.52. The molecule has 5 heteroatoms. The third kappa shape index (κ3) is 3.35. The second-order valence-electron chi connectivity index (χ2n) is 2.25. The molecule has 1 rings (SSSR count). The third-order valence-corrected chi connectivity index (χ3v) is 1.36. The summed E-state index contributed by atoms with van der Waals surface area (Å²) in [6.45, 7) is 0.215. The molecule has 4 nitrogen and oxygen atoms in total. The highest BCUT2D eigenvalue weighted by Gasteiger charge is 1.95. The molecular formula is C8H10BO4. The topological polar surface area (TPSA) is 47.9 Å². The van der Waals surface area contributed by atoms with Crippen LogP contribution in [0, 0.1) is 0 Å². The zero-order valence-electron chi connectivity index (χ0n) is 7.27. The van der Waals surface area contributed by atoms with Gasteiger partial charge in [-0.05, 0) is 24.3 Å². The van der Waals surface area contributed by atoms with E-state index < -0.39 is 0 Å². The molecule has 0 fully saturated rings. The Morgan fingerprint density at radius 2 is 1.85 bits per heavy atom. The van der Waals surface area contributed by atoms with E-state index in [0.717, 1.165) is 0 Å². The molecule has 0 aliphatic carbocycles. The lowest BCUT2D eigenvalue weighted by Gasteiger charge is -2.05. The van der Waals surface area contributed by atoms with Crippen molar-refractivity contribution < 1.29 is 19.2 Å². The van der Waals surface area contributed by atoms with Crippen molar-refractivity contribution in [2.75, 3.05) is 13.9 Å². The van der Waals surface area contributed by atoms with Gasteiger partial charge in [-0.2, -0.15) is 0 Å². The molecule has 0 aliphatic rings. The quantitative estimate of drug-likeness (QED) is 0.532. The predicted molar refractivity (Wildman–Crippen MR) is 47.5 cm³/mol. The van der Waals surface area contributed by atoms with Crippen LogP contribution < -0.4 is 9.39 Å². The minimum atomic E-state index is 0.215. The van der Waals surface area contributed by atoms with Gasteiger partial charge in [-0.3, -0.25) is 0 Å². The van der Waals surface area contributed by atoms with E-state index in [1.165, 1.54) is 0 Å². The largest absolute Gasteiger partial charge is 0.569 e. The van der Waals surface area contributed by atoms with E-state index in [1.807, 2.05) is 0 Å². The van der Waals surface area contributed by atoms with Crippen molar-refractivity contribution in [1.82, 2.24) is 0 Å². The fourth-order valence-corrected chi connectivity index (χ4v) is 0.802. The van der Waals surface area contributed by atoms with Gasteiger partial charge in [-0.15, -0.1) is 0 Å². The SMILES string of the molecule is COCOc1ccc(O[B]O)cc1. The lowest BCUT2D eigenvalue weighted by Crippen LogP contribution is -2.00. The van der Waals surface area contributed by atoms with Crippen LogP contribution >= 0.6 is 0 Å². The predicted octanol–water partition coefficient (Wildman–Crippen LogP) is 0.575. The molecule has 0 aliphatic heterocycles. The minimum Gasteiger partial charge on any atom is -0.537 e. The molecule has 0 unspecified atom stereocenters. The van der Waals surface area contributed by atoms with Gasteiger partial charge in [-0.1, -0.05) is 0 Å². The molecule has 0 aromatic heterocycles. The summed E-state index contributed by atoms with van der Waals surface area (Å²) in [5.74, 6) is 1.24. The van der Waals surface area contributed by atoms with E-state index in [4.69, 9.17) is 19.2 Å². The van der Waals surface area contributed by atoms with E-state index in [1.54, 1.807) is 31.4 Å². The van der Waals surface area contributed by atoms with Gasteiger partial charge in [0, 0.05) is 7.11 Å². The fourth-order valence-electron chi connectivity index (χ4n) is 0.802. The average molecular weight is 181 g/mol. The summed E-state index contributed by atoms with van der Waals surface area (Å²) >= 11 is 0. The molecule has 0 atom stereocenters. The first kappa shape index (κ1) is 9.89. The molecule has 1 aromatic carbocycles. The van der Waals surface area contributed by atoms with Crippen LogP contribution in [-0.4, -0.2) is 26.6 Å². The molecule has 13 heavy (non-hydrogen) atoms. The highest BCUT2D eigenvalue weighted by Crippen LogP contribution is 2.16. The first-order valence-electron chi connectivity index (χ1n) is 3.71. The zero-order valence-corrected chi connectivity index (χ0v) is 7.27. The van der Waals surface area contributed by atoms with Gasteiger partial charge in [0.05, 0.1) is 0 Å². The number of benzene rings is 1.